The highest BCUT2D eigenvalue weighted by Gasteiger charge is 2.07. The lowest BCUT2D eigenvalue weighted by molar-refractivity contribution is 0.1000. The summed E-state index contributed by atoms with van der Waals surface area (Å²) in [5.74, 6) is -0.992. The van der Waals surface area contributed by atoms with Crippen LogP contribution in [0.1, 0.15) is 10.4 Å². The summed E-state index contributed by atoms with van der Waals surface area (Å²) >= 11 is 1.31. The molecule has 13 heavy (non-hydrogen) atoms. The Kier molecular flexibility index (Phi) is 1.77. The molecule has 1 amide bonds. The minimum atomic E-state index is -0.605. The van der Waals surface area contributed by atoms with Gasteiger partial charge in [-0.3, -0.25) is 4.79 Å². The first-order valence-corrected chi connectivity index (χ1v) is 4.53. The number of amides is 1. The summed E-state index contributed by atoms with van der Waals surface area (Å²) in [6.07, 6.45) is 0. The molecule has 1 aromatic carbocycles. The van der Waals surface area contributed by atoms with E-state index in [0.717, 1.165) is 5.39 Å². The summed E-state index contributed by atoms with van der Waals surface area (Å²) in [5.41, 5.74) is 5.25. The van der Waals surface area contributed by atoms with Gasteiger partial charge in [0.1, 0.15) is 5.82 Å². The molecule has 0 saturated carbocycles. The molecule has 1 heterocycles. The van der Waals surface area contributed by atoms with Crippen LogP contribution >= 0.6 is 11.3 Å². The fraction of sp³-hybridized carbons (Fsp3) is 0. The van der Waals surface area contributed by atoms with Gasteiger partial charge in [-0.2, -0.15) is 0 Å². The summed E-state index contributed by atoms with van der Waals surface area (Å²) < 4.78 is 13.8. The molecule has 4 heteroatoms. The first-order valence-electron chi connectivity index (χ1n) is 3.65. The predicted molar refractivity (Wildman–Crippen MR) is 50.3 cm³/mol. The molecule has 1 aromatic heterocycles. The zero-order valence-electron chi connectivity index (χ0n) is 6.58. The number of carbonyl (C=O) groups is 1. The van der Waals surface area contributed by atoms with Gasteiger partial charge in [0.05, 0.1) is 4.70 Å². The molecule has 0 aliphatic carbocycles. The molecule has 66 valence electrons. The highest BCUT2D eigenvalue weighted by Crippen LogP contribution is 2.25. The number of nitrogens with two attached hydrogens (primary N) is 1. The molecule has 0 radical (unpaired) electrons. The molecule has 2 N–H and O–H groups in total. The van der Waals surface area contributed by atoms with E-state index in [2.05, 4.69) is 0 Å². The molecule has 0 fully saturated rings. The molecular formula is C9H6FNOS. The quantitative estimate of drug-likeness (QED) is 0.744. The average molecular weight is 195 g/mol. The molecule has 2 aromatic rings. The molecule has 2 nitrogen and oxygen atoms in total. The standard InChI is InChI=1S/C9H6FNOS/c10-7-4-6(9(11)12)3-5-1-2-13-8(5)7/h1-4H,(H2,11,12). The lowest BCUT2D eigenvalue weighted by Crippen LogP contribution is -2.10. The normalized spacial score (nSPS) is 10.5. The molecule has 0 saturated heterocycles. The van der Waals surface area contributed by atoms with Crippen LogP contribution in [0, 0.1) is 5.82 Å². The Labute approximate surface area is 77.8 Å². The molecule has 0 atom stereocenters. The van der Waals surface area contributed by atoms with Gasteiger partial charge in [-0.05, 0) is 29.0 Å². The Morgan fingerprint density at radius 1 is 1.46 bits per heavy atom. The van der Waals surface area contributed by atoms with Crippen molar-refractivity contribution in [2.45, 2.75) is 0 Å². The van der Waals surface area contributed by atoms with Crippen molar-refractivity contribution in [2.75, 3.05) is 0 Å². The fourth-order valence-electron chi connectivity index (χ4n) is 1.18. The second-order valence-electron chi connectivity index (χ2n) is 2.66. The van der Waals surface area contributed by atoms with E-state index in [1.807, 2.05) is 0 Å². The van der Waals surface area contributed by atoms with Gasteiger partial charge >= 0.3 is 0 Å². The first kappa shape index (κ1) is 8.19. The molecule has 0 bridgehead atoms. The molecule has 0 unspecified atom stereocenters. The highest BCUT2D eigenvalue weighted by atomic mass is 32.1. The van der Waals surface area contributed by atoms with E-state index in [4.69, 9.17) is 5.73 Å². The number of hydrogen-bond donors (Lipinski definition) is 1. The number of rotatable bonds is 1. The van der Waals surface area contributed by atoms with Crippen LogP contribution in [0.2, 0.25) is 0 Å². The van der Waals surface area contributed by atoms with Crippen LogP contribution in [-0.2, 0) is 0 Å². The average Bonchev–Trinajstić information content (AvgIpc) is 2.51. The van der Waals surface area contributed by atoms with Crippen LogP contribution in [0.3, 0.4) is 0 Å². The number of halogens is 1. The van der Waals surface area contributed by atoms with Gasteiger partial charge in [0.15, 0.2) is 0 Å². The van der Waals surface area contributed by atoms with Crippen molar-refractivity contribution in [3.05, 3.63) is 35.0 Å². The minimum absolute atomic E-state index is 0.211. The van der Waals surface area contributed by atoms with E-state index >= 15 is 0 Å². The lowest BCUT2D eigenvalue weighted by Gasteiger charge is -1.96. The van der Waals surface area contributed by atoms with Gasteiger partial charge in [0, 0.05) is 5.56 Å². The summed E-state index contributed by atoms with van der Waals surface area (Å²) in [5, 5.41) is 2.50. The second-order valence-corrected chi connectivity index (χ2v) is 3.58. The molecule has 0 spiro atoms. The van der Waals surface area contributed by atoms with Gasteiger partial charge in [-0.1, -0.05) is 0 Å². The Morgan fingerprint density at radius 3 is 2.92 bits per heavy atom. The Hall–Kier alpha value is -1.42. The summed E-state index contributed by atoms with van der Waals surface area (Å²) in [6.45, 7) is 0. The number of benzene rings is 1. The third-order valence-corrected chi connectivity index (χ3v) is 2.73. The van der Waals surface area contributed by atoms with E-state index in [-0.39, 0.29) is 11.4 Å². The second kappa shape index (κ2) is 2.81. The first-order chi connectivity index (χ1) is 6.18. The SMILES string of the molecule is NC(=O)c1cc(F)c2sccc2c1. The Balaban J connectivity index is 2.77. The van der Waals surface area contributed by atoms with E-state index < -0.39 is 5.91 Å². The maximum Gasteiger partial charge on any atom is 0.248 e. The molecule has 2 rings (SSSR count). The van der Waals surface area contributed by atoms with Crippen LogP contribution in [0.5, 0.6) is 0 Å². The monoisotopic (exact) mass is 195 g/mol. The summed E-state index contributed by atoms with van der Waals surface area (Å²) in [4.78, 5) is 10.8. The lowest BCUT2D eigenvalue weighted by atomic mass is 10.1. The number of carbonyl (C=O) groups excluding carboxylic acids is 1. The fourth-order valence-corrected chi connectivity index (χ4v) is 1.97. The number of hydrogen-bond acceptors (Lipinski definition) is 2. The predicted octanol–water partition coefficient (Wildman–Crippen LogP) is 2.14. The van der Waals surface area contributed by atoms with E-state index in [9.17, 15) is 9.18 Å². The molecule has 0 aliphatic heterocycles. The van der Waals surface area contributed by atoms with Gasteiger partial charge in [-0.15, -0.1) is 11.3 Å². The van der Waals surface area contributed by atoms with Gasteiger partial charge in [-0.25, -0.2) is 4.39 Å². The summed E-state index contributed by atoms with van der Waals surface area (Å²) in [7, 11) is 0. The molecule has 0 aliphatic rings. The maximum atomic E-state index is 13.2. The maximum absolute atomic E-state index is 13.2. The van der Waals surface area contributed by atoms with Gasteiger partial charge in [0.25, 0.3) is 0 Å². The highest BCUT2D eigenvalue weighted by molar-refractivity contribution is 7.17. The number of thiophene rings is 1. The summed E-state index contributed by atoms with van der Waals surface area (Å²) in [6, 6.07) is 4.52. The smallest absolute Gasteiger partial charge is 0.248 e. The van der Waals surface area contributed by atoms with Crippen LogP contribution in [0.15, 0.2) is 23.6 Å². The third kappa shape index (κ3) is 1.29. The third-order valence-electron chi connectivity index (χ3n) is 1.79. The van der Waals surface area contributed by atoms with Crippen molar-refractivity contribution >= 4 is 27.3 Å². The van der Waals surface area contributed by atoms with E-state index in [0.29, 0.717) is 4.70 Å². The van der Waals surface area contributed by atoms with E-state index in [1.165, 1.54) is 17.4 Å². The van der Waals surface area contributed by atoms with Gasteiger partial charge < -0.3 is 5.73 Å². The van der Waals surface area contributed by atoms with Crippen molar-refractivity contribution in [3.63, 3.8) is 0 Å². The van der Waals surface area contributed by atoms with Crippen molar-refractivity contribution in [1.29, 1.82) is 0 Å². The van der Waals surface area contributed by atoms with Crippen LogP contribution in [0.25, 0.3) is 10.1 Å². The Bertz CT molecular complexity index is 477. The topological polar surface area (TPSA) is 43.1 Å². The zero-order valence-corrected chi connectivity index (χ0v) is 7.40. The van der Waals surface area contributed by atoms with Crippen LogP contribution in [-0.4, -0.2) is 5.91 Å². The van der Waals surface area contributed by atoms with Crippen molar-refractivity contribution in [3.8, 4) is 0 Å². The van der Waals surface area contributed by atoms with Crippen molar-refractivity contribution in [1.82, 2.24) is 0 Å². The zero-order chi connectivity index (χ0) is 9.42. The Morgan fingerprint density at radius 2 is 2.23 bits per heavy atom. The number of primary amides is 1. The minimum Gasteiger partial charge on any atom is -0.366 e. The van der Waals surface area contributed by atoms with Crippen LogP contribution in [0.4, 0.5) is 4.39 Å². The van der Waals surface area contributed by atoms with E-state index in [1.54, 1.807) is 17.5 Å². The van der Waals surface area contributed by atoms with Gasteiger partial charge in [0.2, 0.25) is 5.91 Å². The largest absolute Gasteiger partial charge is 0.366 e. The van der Waals surface area contributed by atoms with Crippen molar-refractivity contribution in [2.24, 2.45) is 5.73 Å². The molecular weight excluding hydrogens is 189 g/mol. The van der Waals surface area contributed by atoms with Crippen LogP contribution < -0.4 is 5.73 Å². The number of fused-ring (bicyclic) bond motifs is 1. The van der Waals surface area contributed by atoms with Crippen molar-refractivity contribution < 1.29 is 9.18 Å².